The van der Waals surface area contributed by atoms with Crippen molar-refractivity contribution in [2.45, 2.75) is 63.2 Å². The Kier molecular flexibility index (Phi) is 12.2. The Morgan fingerprint density at radius 1 is 0.955 bits per heavy atom. The van der Waals surface area contributed by atoms with Crippen LogP contribution < -0.4 is 9.62 Å². The minimum atomic E-state index is -3.68. The molecule has 0 aliphatic carbocycles. The lowest BCUT2D eigenvalue weighted by Crippen LogP contribution is -2.44. The van der Waals surface area contributed by atoms with E-state index in [9.17, 15) is 22.8 Å². The van der Waals surface area contributed by atoms with Gasteiger partial charge in [-0.15, -0.1) is 0 Å². The molecule has 1 saturated heterocycles. The maximum absolute atomic E-state index is 12.7. The Balaban J connectivity index is 1.33. The fourth-order valence-electron chi connectivity index (χ4n) is 4.54. The standard InChI is InChI=1S/C31H43N5O7S/c1-31(23-43-30(40)17-16-29(38)39)18-21-36(22-19-31)28(37)7-5-4-6-20-32-44(41,42)27-14-10-25(11-15-27)34-33-24-8-12-26(13-9-24)35(2)3/h8-15,32H,4-7,16-23H2,1-3H3,(H,38,39)/i1D. The molecule has 1 aliphatic rings. The van der Waals surface area contributed by atoms with Gasteiger partial charge in [0.25, 0.3) is 0 Å². The number of aliphatic carboxylic acids is 1. The number of hydrogen-bond donors (Lipinski definition) is 2. The fraction of sp³-hybridized carbons (Fsp3) is 0.516. The maximum atomic E-state index is 12.7. The van der Waals surface area contributed by atoms with E-state index in [1.54, 1.807) is 17.0 Å². The monoisotopic (exact) mass is 630 g/mol. The van der Waals surface area contributed by atoms with E-state index in [0.717, 1.165) is 5.69 Å². The number of carboxylic acid groups (broad SMARTS) is 1. The lowest BCUT2D eigenvalue weighted by molar-refractivity contribution is -0.151. The third kappa shape index (κ3) is 11.3. The normalized spacial score (nSPS) is 15.1. The number of anilines is 1. The van der Waals surface area contributed by atoms with E-state index in [2.05, 4.69) is 15.0 Å². The number of carboxylic acids is 1. The quantitative estimate of drug-likeness (QED) is 0.148. The van der Waals surface area contributed by atoms with Gasteiger partial charge in [0.2, 0.25) is 15.9 Å². The summed E-state index contributed by atoms with van der Waals surface area (Å²) in [4.78, 5) is 39.0. The van der Waals surface area contributed by atoms with Crippen LogP contribution in [0.15, 0.2) is 63.7 Å². The van der Waals surface area contributed by atoms with E-state index in [-0.39, 0.29) is 43.7 Å². The van der Waals surface area contributed by atoms with Crippen molar-refractivity contribution in [1.29, 1.82) is 0 Å². The number of unbranched alkanes of at least 4 members (excludes halogenated alkanes) is 2. The largest absolute Gasteiger partial charge is 0.481 e. The van der Waals surface area contributed by atoms with Crippen LogP contribution in [-0.2, 0) is 29.1 Å². The summed E-state index contributed by atoms with van der Waals surface area (Å²) in [5, 5.41) is 17.1. The maximum Gasteiger partial charge on any atom is 0.306 e. The molecule has 0 spiro atoms. The average molecular weight is 631 g/mol. The van der Waals surface area contributed by atoms with Gasteiger partial charge in [0.05, 0.1) is 35.7 Å². The number of esters is 1. The molecule has 12 nitrogen and oxygen atoms in total. The van der Waals surface area contributed by atoms with Gasteiger partial charge in [-0.05, 0) is 74.2 Å². The van der Waals surface area contributed by atoms with E-state index >= 15 is 0 Å². The summed E-state index contributed by atoms with van der Waals surface area (Å²) in [6, 6.07) is 13.8. The number of amides is 1. The molecule has 2 N–H and O–H groups in total. The summed E-state index contributed by atoms with van der Waals surface area (Å²) < 4.78 is 41.1. The Hall–Kier alpha value is -3.84. The molecule has 0 aromatic heterocycles. The summed E-state index contributed by atoms with van der Waals surface area (Å²) >= 11 is 0. The first kappa shape index (κ1) is 33.1. The molecule has 1 amide bonds. The van der Waals surface area contributed by atoms with E-state index in [0.29, 0.717) is 63.0 Å². The minimum Gasteiger partial charge on any atom is -0.481 e. The van der Waals surface area contributed by atoms with Gasteiger partial charge < -0.3 is 19.6 Å². The average Bonchev–Trinajstić information content (AvgIpc) is 3.03. The molecule has 0 saturated carbocycles. The fourth-order valence-corrected chi connectivity index (χ4v) is 5.61. The number of benzene rings is 2. The minimum absolute atomic E-state index is 0.00966. The third-order valence-electron chi connectivity index (χ3n) is 7.41. The first-order valence-corrected chi connectivity index (χ1v) is 16.1. The topological polar surface area (TPSA) is 158 Å². The highest BCUT2D eigenvalue weighted by Crippen LogP contribution is 2.32. The number of azo groups is 1. The van der Waals surface area contributed by atoms with E-state index < -0.39 is 27.4 Å². The second-order valence-electron chi connectivity index (χ2n) is 11.2. The number of piperidine rings is 1. The smallest absolute Gasteiger partial charge is 0.306 e. The van der Waals surface area contributed by atoms with Gasteiger partial charge in [-0.3, -0.25) is 14.4 Å². The van der Waals surface area contributed by atoms with Crippen molar-refractivity contribution in [3.63, 3.8) is 0 Å². The Labute approximate surface area is 260 Å². The predicted molar refractivity (Wildman–Crippen MR) is 167 cm³/mol. The molecular weight excluding hydrogens is 586 g/mol. The zero-order valence-corrected chi connectivity index (χ0v) is 26.2. The first-order valence-electron chi connectivity index (χ1n) is 15.4. The van der Waals surface area contributed by atoms with Crippen LogP contribution in [0.4, 0.5) is 17.1 Å². The lowest BCUT2D eigenvalue weighted by atomic mass is 9.81. The lowest BCUT2D eigenvalue weighted by Gasteiger charge is -2.39. The molecule has 3 rings (SSSR count). The van der Waals surface area contributed by atoms with Crippen LogP contribution in [-0.4, -0.2) is 76.6 Å². The van der Waals surface area contributed by atoms with Crippen LogP contribution in [0.3, 0.4) is 0 Å². The summed E-state index contributed by atoms with van der Waals surface area (Å²) in [7, 11) is 0.225. The molecule has 13 heteroatoms. The molecular formula is C31H43N5O7S. The van der Waals surface area contributed by atoms with Crippen LogP contribution in [0.1, 0.15) is 59.6 Å². The van der Waals surface area contributed by atoms with Crippen molar-refractivity contribution in [2.24, 2.45) is 15.6 Å². The second-order valence-corrected chi connectivity index (χ2v) is 13.0. The van der Waals surface area contributed by atoms with Crippen molar-refractivity contribution in [3.05, 3.63) is 48.5 Å². The molecule has 1 aliphatic heterocycles. The summed E-state index contributed by atoms with van der Waals surface area (Å²) in [5.74, 6) is -1.65. The number of ether oxygens (including phenoxy) is 1. The van der Waals surface area contributed by atoms with E-state index in [4.69, 9.17) is 11.2 Å². The highest BCUT2D eigenvalue weighted by molar-refractivity contribution is 7.89. The van der Waals surface area contributed by atoms with Gasteiger partial charge in [-0.2, -0.15) is 10.2 Å². The van der Waals surface area contributed by atoms with Gasteiger partial charge >= 0.3 is 11.9 Å². The van der Waals surface area contributed by atoms with Crippen molar-refractivity contribution < 1.29 is 34.0 Å². The van der Waals surface area contributed by atoms with E-state index in [1.807, 2.05) is 43.3 Å². The molecule has 2 aromatic carbocycles. The van der Waals surface area contributed by atoms with E-state index in [1.165, 1.54) is 12.1 Å². The van der Waals surface area contributed by atoms with Crippen LogP contribution >= 0.6 is 0 Å². The van der Waals surface area contributed by atoms with Gasteiger partial charge in [0, 0.05) is 52.6 Å². The van der Waals surface area contributed by atoms with Crippen molar-refractivity contribution in [2.75, 3.05) is 45.2 Å². The zero-order chi connectivity index (χ0) is 32.9. The number of carbonyl (C=O) groups excluding carboxylic acids is 2. The molecule has 240 valence electrons. The predicted octanol–water partition coefficient (Wildman–Crippen LogP) is 5.04. The Morgan fingerprint density at radius 2 is 1.57 bits per heavy atom. The molecule has 0 bridgehead atoms. The second kappa shape index (κ2) is 16.3. The highest BCUT2D eigenvalue weighted by Gasteiger charge is 2.33. The first-order chi connectivity index (χ1) is 21.4. The van der Waals surface area contributed by atoms with Crippen LogP contribution in [0.2, 0.25) is 0 Å². The molecule has 2 aromatic rings. The Bertz CT molecular complexity index is 1410. The highest BCUT2D eigenvalue weighted by atomic mass is 32.2. The van der Waals surface area contributed by atoms with Crippen molar-refractivity contribution in [3.8, 4) is 0 Å². The number of rotatable bonds is 16. The molecule has 0 atom stereocenters. The van der Waals surface area contributed by atoms with Crippen LogP contribution in [0, 0.1) is 5.41 Å². The number of likely N-dealkylation sites (tertiary alicyclic amines) is 1. The van der Waals surface area contributed by atoms with Crippen molar-refractivity contribution in [1.82, 2.24) is 9.62 Å². The summed E-state index contributed by atoms with van der Waals surface area (Å²) in [5.41, 5.74) is 1.74. The number of hydrogen-bond acceptors (Lipinski definition) is 9. The SMILES string of the molecule is [2H]CC1(COC(=O)CCC(=O)O)CCN(C(=O)CCCCCNS(=O)(=O)c2ccc(N=Nc3ccc(N(C)C)cc3)cc2)CC1. The summed E-state index contributed by atoms with van der Waals surface area (Å²) in [6.07, 6.45) is 2.80. The zero-order valence-electron chi connectivity index (χ0n) is 26.4. The van der Waals surface area contributed by atoms with Gasteiger partial charge in [0.15, 0.2) is 0 Å². The number of sulfonamides is 1. The van der Waals surface area contributed by atoms with Gasteiger partial charge in [0.1, 0.15) is 0 Å². The molecule has 0 radical (unpaired) electrons. The molecule has 44 heavy (non-hydrogen) atoms. The number of nitrogens with one attached hydrogen (secondary N) is 1. The molecule has 1 heterocycles. The number of carbonyl (C=O) groups is 3. The summed E-state index contributed by atoms with van der Waals surface area (Å²) in [6.45, 7) is 1.29. The molecule has 0 unspecified atom stereocenters. The number of nitrogens with zero attached hydrogens (tertiary/aromatic N) is 4. The van der Waals surface area contributed by atoms with Crippen LogP contribution in [0.5, 0.6) is 0 Å². The Morgan fingerprint density at radius 3 is 2.14 bits per heavy atom. The van der Waals surface area contributed by atoms with Gasteiger partial charge in [-0.1, -0.05) is 13.3 Å². The van der Waals surface area contributed by atoms with Crippen LogP contribution in [0.25, 0.3) is 0 Å². The van der Waals surface area contributed by atoms with Gasteiger partial charge in [-0.25, -0.2) is 13.1 Å². The third-order valence-corrected chi connectivity index (χ3v) is 8.89. The van der Waals surface area contributed by atoms with Crippen molar-refractivity contribution >= 4 is 44.9 Å². The molecule has 1 fully saturated rings.